The van der Waals surface area contributed by atoms with E-state index in [-0.39, 0.29) is 17.9 Å². The molecule has 0 aliphatic heterocycles. The zero-order valence-corrected chi connectivity index (χ0v) is 13.0. The highest BCUT2D eigenvalue weighted by atomic mass is 35.5. The van der Waals surface area contributed by atoms with Gasteiger partial charge in [-0.15, -0.1) is 0 Å². The molecule has 1 aromatic carbocycles. The Morgan fingerprint density at radius 1 is 1.29 bits per heavy atom. The van der Waals surface area contributed by atoms with E-state index >= 15 is 0 Å². The molecule has 0 bridgehead atoms. The molecule has 6 nitrogen and oxygen atoms in total. The van der Waals surface area contributed by atoms with E-state index in [0.29, 0.717) is 10.7 Å². The molecule has 2 aromatic rings. The zero-order chi connectivity index (χ0) is 17.9. The number of aromatic nitrogens is 2. The van der Waals surface area contributed by atoms with Gasteiger partial charge in [0.25, 0.3) is 0 Å². The SMILES string of the molecule is Cc1cccc(Cl)c1NC(=O)Cc1cc(NC(=O)C(F)(F)F)n[nH]1. The molecule has 0 saturated carbocycles. The van der Waals surface area contributed by atoms with Gasteiger partial charge < -0.3 is 10.6 Å². The second-order valence-electron chi connectivity index (χ2n) is 4.89. The Hall–Kier alpha value is -2.55. The standard InChI is InChI=1S/C14H12ClF3N4O2/c1-7-3-2-4-9(15)12(7)20-11(23)6-8-5-10(22-21-8)19-13(24)14(16,17)18/h2-5H,6H2,1H3,(H,20,23)(H2,19,21,22,24). The van der Waals surface area contributed by atoms with Crippen molar-refractivity contribution in [2.75, 3.05) is 10.6 Å². The molecule has 1 heterocycles. The van der Waals surface area contributed by atoms with Gasteiger partial charge in [0, 0.05) is 11.8 Å². The first-order chi connectivity index (χ1) is 11.2. The Balaban J connectivity index is 1.99. The van der Waals surface area contributed by atoms with E-state index in [9.17, 15) is 22.8 Å². The van der Waals surface area contributed by atoms with Gasteiger partial charge in [0.1, 0.15) is 0 Å². The van der Waals surface area contributed by atoms with Gasteiger partial charge >= 0.3 is 12.1 Å². The van der Waals surface area contributed by atoms with Crippen molar-refractivity contribution in [2.24, 2.45) is 0 Å². The minimum absolute atomic E-state index is 0.181. The molecule has 24 heavy (non-hydrogen) atoms. The molecule has 3 N–H and O–H groups in total. The largest absolute Gasteiger partial charge is 0.471 e. The molecular formula is C14H12ClF3N4O2. The summed E-state index contributed by atoms with van der Waals surface area (Å²) in [6, 6.07) is 6.26. The Kier molecular flexibility index (Phi) is 5.13. The van der Waals surface area contributed by atoms with Crippen molar-refractivity contribution in [3.63, 3.8) is 0 Å². The summed E-state index contributed by atoms with van der Waals surface area (Å²) in [5.41, 5.74) is 1.45. The molecule has 1 aromatic heterocycles. The van der Waals surface area contributed by atoms with Gasteiger partial charge in [0.2, 0.25) is 5.91 Å². The number of carbonyl (C=O) groups excluding carboxylic acids is 2. The Morgan fingerprint density at radius 2 is 2.00 bits per heavy atom. The molecular weight excluding hydrogens is 349 g/mol. The summed E-state index contributed by atoms with van der Waals surface area (Å²) >= 11 is 5.99. The van der Waals surface area contributed by atoms with Crippen LogP contribution in [0.15, 0.2) is 24.3 Å². The van der Waals surface area contributed by atoms with Gasteiger partial charge in [0.15, 0.2) is 5.82 Å². The first-order valence-electron chi connectivity index (χ1n) is 6.64. The third kappa shape index (κ3) is 4.48. The molecule has 0 spiro atoms. The van der Waals surface area contributed by atoms with Gasteiger partial charge in [-0.25, -0.2) is 0 Å². The monoisotopic (exact) mass is 360 g/mol. The average molecular weight is 361 g/mol. The van der Waals surface area contributed by atoms with Gasteiger partial charge in [-0.2, -0.15) is 18.3 Å². The maximum absolute atomic E-state index is 12.1. The lowest BCUT2D eigenvalue weighted by Crippen LogP contribution is -2.30. The molecule has 2 amide bonds. The molecule has 128 valence electrons. The number of amides is 2. The van der Waals surface area contributed by atoms with Gasteiger partial charge in [-0.05, 0) is 18.6 Å². The van der Waals surface area contributed by atoms with Crippen LogP contribution in [-0.2, 0) is 16.0 Å². The Bertz CT molecular complexity index is 753. The van der Waals surface area contributed by atoms with Crippen LogP contribution in [0.2, 0.25) is 5.02 Å². The molecule has 0 saturated heterocycles. The lowest BCUT2D eigenvalue weighted by molar-refractivity contribution is -0.167. The van der Waals surface area contributed by atoms with Crippen LogP contribution in [0.1, 0.15) is 11.3 Å². The number of carbonyl (C=O) groups is 2. The predicted octanol–water partition coefficient (Wildman–Crippen LogP) is 3.05. The minimum atomic E-state index is -5.02. The van der Waals surface area contributed by atoms with Gasteiger partial charge in [0.05, 0.1) is 17.1 Å². The number of hydrogen-bond donors (Lipinski definition) is 3. The molecule has 10 heteroatoms. The molecule has 0 aliphatic rings. The fourth-order valence-corrected chi connectivity index (χ4v) is 2.12. The summed E-state index contributed by atoms with van der Waals surface area (Å²) in [6.07, 6.45) is -5.20. The van der Waals surface area contributed by atoms with E-state index in [2.05, 4.69) is 15.5 Å². The van der Waals surface area contributed by atoms with Crippen molar-refractivity contribution in [2.45, 2.75) is 19.5 Å². The summed E-state index contributed by atoms with van der Waals surface area (Å²) in [5.74, 6) is -2.91. The Morgan fingerprint density at radius 3 is 2.62 bits per heavy atom. The van der Waals surface area contributed by atoms with E-state index < -0.39 is 18.0 Å². The molecule has 0 unspecified atom stereocenters. The van der Waals surface area contributed by atoms with E-state index in [1.165, 1.54) is 0 Å². The van der Waals surface area contributed by atoms with Crippen molar-refractivity contribution in [1.29, 1.82) is 0 Å². The van der Waals surface area contributed by atoms with Crippen molar-refractivity contribution in [3.8, 4) is 0 Å². The fraction of sp³-hybridized carbons (Fsp3) is 0.214. The maximum atomic E-state index is 12.1. The number of H-pyrrole nitrogens is 1. The number of aromatic amines is 1. The van der Waals surface area contributed by atoms with Gasteiger partial charge in [-0.1, -0.05) is 23.7 Å². The highest BCUT2D eigenvalue weighted by Crippen LogP contribution is 2.25. The van der Waals surface area contributed by atoms with Crippen LogP contribution >= 0.6 is 11.6 Å². The fourth-order valence-electron chi connectivity index (χ4n) is 1.85. The van der Waals surface area contributed by atoms with Crippen LogP contribution in [0.25, 0.3) is 0 Å². The lowest BCUT2D eigenvalue weighted by atomic mass is 10.2. The van der Waals surface area contributed by atoms with E-state index in [4.69, 9.17) is 11.6 Å². The number of benzene rings is 1. The number of nitrogens with zero attached hydrogens (tertiary/aromatic N) is 1. The number of rotatable bonds is 4. The summed E-state index contributed by atoms with van der Waals surface area (Å²) in [6.45, 7) is 1.77. The van der Waals surface area contributed by atoms with Crippen LogP contribution in [-0.4, -0.2) is 28.2 Å². The van der Waals surface area contributed by atoms with Crippen LogP contribution in [0, 0.1) is 6.92 Å². The van der Waals surface area contributed by atoms with Crippen LogP contribution in [0.5, 0.6) is 0 Å². The molecule has 2 rings (SSSR count). The number of aryl methyl sites for hydroxylation is 1. The summed E-state index contributed by atoms with van der Waals surface area (Å²) in [4.78, 5) is 22.8. The number of anilines is 2. The topological polar surface area (TPSA) is 86.9 Å². The molecule has 0 aliphatic carbocycles. The molecule has 0 atom stereocenters. The Labute approximate surface area is 139 Å². The minimum Gasteiger partial charge on any atom is -0.324 e. The summed E-state index contributed by atoms with van der Waals surface area (Å²) < 4.78 is 36.4. The summed E-state index contributed by atoms with van der Waals surface area (Å²) in [7, 11) is 0. The van der Waals surface area contributed by atoms with E-state index in [1.807, 2.05) is 0 Å². The second-order valence-corrected chi connectivity index (χ2v) is 5.29. The van der Waals surface area contributed by atoms with Crippen molar-refractivity contribution in [1.82, 2.24) is 10.2 Å². The first-order valence-corrected chi connectivity index (χ1v) is 7.02. The maximum Gasteiger partial charge on any atom is 0.471 e. The second kappa shape index (κ2) is 6.91. The van der Waals surface area contributed by atoms with Gasteiger partial charge in [-0.3, -0.25) is 14.7 Å². The lowest BCUT2D eigenvalue weighted by Gasteiger charge is -2.09. The number of nitrogens with one attached hydrogen (secondary N) is 3. The number of alkyl halides is 3. The predicted molar refractivity (Wildman–Crippen MR) is 81.8 cm³/mol. The number of halogens is 4. The number of para-hydroxylation sites is 1. The molecule has 0 fully saturated rings. The zero-order valence-electron chi connectivity index (χ0n) is 12.3. The normalized spacial score (nSPS) is 11.2. The molecule has 0 radical (unpaired) electrons. The first kappa shape index (κ1) is 17.8. The van der Waals surface area contributed by atoms with Crippen molar-refractivity contribution in [3.05, 3.63) is 40.5 Å². The third-order valence-corrected chi connectivity index (χ3v) is 3.28. The van der Waals surface area contributed by atoms with Crippen LogP contribution in [0.4, 0.5) is 24.7 Å². The smallest absolute Gasteiger partial charge is 0.324 e. The van der Waals surface area contributed by atoms with Crippen molar-refractivity contribution < 1.29 is 22.8 Å². The third-order valence-electron chi connectivity index (χ3n) is 2.97. The quantitative estimate of drug-likeness (QED) is 0.783. The summed E-state index contributed by atoms with van der Waals surface area (Å²) in [5, 5.41) is 10.5. The highest BCUT2D eigenvalue weighted by molar-refractivity contribution is 6.33. The van der Waals surface area contributed by atoms with Crippen LogP contribution in [0.3, 0.4) is 0 Å². The number of hydrogen-bond acceptors (Lipinski definition) is 3. The van der Waals surface area contributed by atoms with E-state index in [0.717, 1.165) is 11.6 Å². The van der Waals surface area contributed by atoms with Crippen molar-refractivity contribution >= 4 is 34.9 Å². The average Bonchev–Trinajstić information content (AvgIpc) is 2.89. The highest BCUT2D eigenvalue weighted by Gasteiger charge is 2.39. The van der Waals surface area contributed by atoms with E-state index in [1.54, 1.807) is 30.4 Å². The van der Waals surface area contributed by atoms with Crippen LogP contribution < -0.4 is 10.6 Å².